The molecule has 2 aliphatic rings. The highest BCUT2D eigenvalue weighted by atomic mass is 15.0. The molecule has 0 radical (unpaired) electrons. The maximum Gasteiger partial charge on any atom is 0.0228 e. The van der Waals surface area contributed by atoms with Crippen LogP contribution >= 0.6 is 0 Å². The highest BCUT2D eigenvalue weighted by Crippen LogP contribution is 2.54. The third-order valence-corrected chi connectivity index (χ3v) is 14.2. The van der Waals surface area contributed by atoms with Crippen molar-refractivity contribution in [2.45, 2.75) is 109 Å². The van der Waals surface area contributed by atoms with Gasteiger partial charge in [-0.15, -0.1) is 0 Å². The monoisotopic (exact) mass is 731 g/mol. The molecule has 0 aliphatic heterocycles. The summed E-state index contributed by atoms with van der Waals surface area (Å²) in [5, 5.41) is 19.8. The van der Waals surface area contributed by atoms with Gasteiger partial charge in [0.15, 0.2) is 0 Å². The van der Waals surface area contributed by atoms with E-state index in [2.05, 4.69) is 141 Å². The molecular weight excluding hydrogens is 675 g/mol. The second-order valence-corrected chi connectivity index (χ2v) is 17.8. The number of fused-ring (bicyclic) bond motifs is 6. The minimum absolute atomic E-state index is 0.0109. The normalized spacial score (nSPS) is 18.6. The number of hydrogen-bond acceptors (Lipinski definition) is 1. The number of unbranched alkanes of at least 4 members (excludes halogenated alkanes) is 3. The molecule has 1 saturated carbocycles. The number of benzene rings is 6. The molecule has 0 aromatic heterocycles. The van der Waals surface area contributed by atoms with Crippen LogP contribution in [0.1, 0.15) is 108 Å². The van der Waals surface area contributed by atoms with Crippen LogP contribution < -0.4 is 10.5 Å². The molecule has 8 aromatic carbocycles. The van der Waals surface area contributed by atoms with Crippen molar-refractivity contribution in [1.82, 2.24) is 5.32 Å². The molecule has 2 aliphatic carbocycles. The first kappa shape index (κ1) is 35.7. The fourth-order valence-electron chi connectivity index (χ4n) is 11.4. The van der Waals surface area contributed by atoms with Crippen LogP contribution in [0.5, 0.6) is 0 Å². The molecule has 0 heterocycles. The molecule has 1 heteroatoms. The summed E-state index contributed by atoms with van der Waals surface area (Å²) in [5.41, 5.74) is 8.46. The Morgan fingerprint density at radius 1 is 0.589 bits per heavy atom. The third kappa shape index (κ3) is 5.84. The third-order valence-electron chi connectivity index (χ3n) is 14.2. The van der Waals surface area contributed by atoms with Gasteiger partial charge in [0.25, 0.3) is 0 Å². The molecule has 1 fully saturated rings. The zero-order valence-electron chi connectivity index (χ0n) is 33.8. The minimum Gasteiger partial charge on any atom is -0.311 e. The Morgan fingerprint density at radius 2 is 1.20 bits per heavy atom. The van der Waals surface area contributed by atoms with Gasteiger partial charge in [0, 0.05) is 5.54 Å². The van der Waals surface area contributed by atoms with E-state index in [4.69, 9.17) is 0 Å². The van der Waals surface area contributed by atoms with Gasteiger partial charge in [-0.05, 0) is 150 Å². The van der Waals surface area contributed by atoms with Gasteiger partial charge < -0.3 is 5.32 Å². The highest BCUT2D eigenvalue weighted by Gasteiger charge is 2.32. The van der Waals surface area contributed by atoms with Crippen molar-refractivity contribution in [2.75, 3.05) is 6.54 Å². The topological polar surface area (TPSA) is 12.0 Å². The molecule has 1 unspecified atom stereocenters. The van der Waals surface area contributed by atoms with Gasteiger partial charge in [0.1, 0.15) is 0 Å². The van der Waals surface area contributed by atoms with Gasteiger partial charge in [-0.25, -0.2) is 0 Å². The van der Waals surface area contributed by atoms with E-state index in [0.717, 1.165) is 25.3 Å². The zero-order valence-corrected chi connectivity index (χ0v) is 33.8. The molecule has 1 nitrogen and oxygen atoms in total. The van der Waals surface area contributed by atoms with E-state index in [1.807, 2.05) is 0 Å². The minimum atomic E-state index is 0.0109. The lowest BCUT2D eigenvalue weighted by molar-refractivity contribution is 0.359. The van der Waals surface area contributed by atoms with Crippen molar-refractivity contribution in [2.24, 2.45) is 5.92 Å². The van der Waals surface area contributed by atoms with Crippen molar-refractivity contribution < 1.29 is 0 Å². The van der Waals surface area contributed by atoms with E-state index in [9.17, 15) is 0 Å². The van der Waals surface area contributed by atoms with E-state index in [-0.39, 0.29) is 5.54 Å². The maximum atomic E-state index is 4.07. The lowest BCUT2D eigenvalue weighted by Gasteiger charge is -2.30. The van der Waals surface area contributed by atoms with Gasteiger partial charge in [-0.1, -0.05) is 174 Å². The summed E-state index contributed by atoms with van der Waals surface area (Å²) in [6, 6.07) is 42.2. The second kappa shape index (κ2) is 14.7. The number of nitrogens with one attached hydrogen (secondary N) is 1. The van der Waals surface area contributed by atoms with Crippen molar-refractivity contribution in [1.29, 1.82) is 0 Å². The van der Waals surface area contributed by atoms with E-state index in [1.54, 1.807) is 5.56 Å². The number of rotatable bonds is 10. The highest BCUT2D eigenvalue weighted by molar-refractivity contribution is 6.42. The SMILES string of the molecule is CCCCCCNC1(C)CC=c2c3c(cccc3c3c(-c4ccccc4)c4c5ccc([C@@H](C)C6CCCCCC6)c6cccc(c4c(-c4ccccc4)c23)c65)C1. The Bertz CT molecular complexity index is 2730. The molecule has 0 saturated heterocycles. The molecule has 8 aromatic rings. The molecule has 1 N–H and O–H groups in total. The first-order valence-corrected chi connectivity index (χ1v) is 22.1. The summed E-state index contributed by atoms with van der Waals surface area (Å²) >= 11 is 0. The first-order chi connectivity index (χ1) is 27.6. The average molecular weight is 732 g/mol. The lowest BCUT2D eigenvalue weighted by Crippen LogP contribution is -2.44. The van der Waals surface area contributed by atoms with E-state index >= 15 is 0 Å². The summed E-state index contributed by atoms with van der Waals surface area (Å²) in [6.07, 6.45) is 18.1. The molecular formula is C55H57N. The zero-order chi connectivity index (χ0) is 37.8. The van der Waals surface area contributed by atoms with Gasteiger partial charge in [0.05, 0.1) is 0 Å². The summed E-state index contributed by atoms with van der Waals surface area (Å²) in [4.78, 5) is 0. The van der Waals surface area contributed by atoms with Crippen molar-refractivity contribution in [3.05, 3.63) is 126 Å². The lowest BCUT2D eigenvalue weighted by atomic mass is 9.80. The molecule has 282 valence electrons. The van der Waals surface area contributed by atoms with E-state index in [1.165, 1.54) is 151 Å². The molecule has 0 amide bonds. The van der Waals surface area contributed by atoms with Gasteiger partial charge >= 0.3 is 0 Å². The Balaban J connectivity index is 1.32. The Morgan fingerprint density at radius 3 is 1.89 bits per heavy atom. The summed E-state index contributed by atoms with van der Waals surface area (Å²) < 4.78 is 0. The Hall–Kier alpha value is -4.72. The van der Waals surface area contributed by atoms with Gasteiger partial charge in [0.2, 0.25) is 0 Å². The number of hydrogen-bond donors (Lipinski definition) is 1. The van der Waals surface area contributed by atoms with Crippen LogP contribution in [0.2, 0.25) is 0 Å². The molecule has 56 heavy (non-hydrogen) atoms. The van der Waals surface area contributed by atoms with Crippen molar-refractivity contribution >= 4 is 59.9 Å². The molecule has 0 bridgehead atoms. The standard InChI is InChI=1S/C55H57N/c1-4-5-6-17-34-56-55(3)33-32-46-47-40(35-55)26-18-28-43(47)51-48(38-22-13-9-14-23-38)53-45-31-30-41(36(2)37-20-11-7-8-12-21-37)42-27-19-29-44(50(42)45)52(53)49(54(46)51)39-24-15-10-16-25-39/h9-10,13-16,18-19,22-32,36-37,56H,4-8,11-12,17,20-21,33-35H2,1-3H3/t36-,55?/m0/s1. The summed E-state index contributed by atoms with van der Waals surface area (Å²) in [7, 11) is 0. The summed E-state index contributed by atoms with van der Waals surface area (Å²) in [6.45, 7) is 8.38. The van der Waals surface area contributed by atoms with Crippen molar-refractivity contribution in [3.63, 3.8) is 0 Å². The van der Waals surface area contributed by atoms with Crippen LogP contribution in [0.3, 0.4) is 0 Å². The van der Waals surface area contributed by atoms with Gasteiger partial charge in [-0.3, -0.25) is 0 Å². The van der Waals surface area contributed by atoms with E-state index < -0.39 is 0 Å². The van der Waals surface area contributed by atoms with Crippen LogP contribution in [-0.4, -0.2) is 12.1 Å². The van der Waals surface area contributed by atoms with Crippen LogP contribution in [0, 0.1) is 5.92 Å². The summed E-state index contributed by atoms with van der Waals surface area (Å²) in [5.74, 6) is 1.30. The average Bonchev–Trinajstić information content (AvgIpc) is 3.50. The van der Waals surface area contributed by atoms with Crippen LogP contribution in [0.4, 0.5) is 0 Å². The van der Waals surface area contributed by atoms with Crippen LogP contribution in [-0.2, 0) is 6.42 Å². The molecule has 10 rings (SSSR count). The van der Waals surface area contributed by atoms with Crippen LogP contribution in [0.15, 0.2) is 109 Å². The smallest absolute Gasteiger partial charge is 0.0228 e. The fraction of sp³-hybridized carbons (Fsp3) is 0.345. The Kier molecular flexibility index (Phi) is 9.34. The van der Waals surface area contributed by atoms with E-state index in [0.29, 0.717) is 5.92 Å². The maximum absolute atomic E-state index is 4.07. The second-order valence-electron chi connectivity index (χ2n) is 17.8. The first-order valence-electron chi connectivity index (χ1n) is 22.1. The molecule has 2 atom stereocenters. The van der Waals surface area contributed by atoms with Gasteiger partial charge in [-0.2, -0.15) is 0 Å². The Labute approximate surface area is 333 Å². The quantitative estimate of drug-likeness (QED) is 0.109. The van der Waals surface area contributed by atoms with Crippen molar-refractivity contribution in [3.8, 4) is 22.3 Å². The fourth-order valence-corrected chi connectivity index (χ4v) is 11.4. The van der Waals surface area contributed by atoms with Crippen LogP contribution in [0.25, 0.3) is 82.2 Å². The largest absolute Gasteiger partial charge is 0.311 e. The molecule has 0 spiro atoms. The predicted molar refractivity (Wildman–Crippen MR) is 244 cm³/mol. The predicted octanol–water partition coefficient (Wildman–Crippen LogP) is 14.7.